The molecule has 1 aromatic carbocycles. The van der Waals surface area contributed by atoms with Gasteiger partial charge in [-0.3, -0.25) is 4.79 Å². The third-order valence-corrected chi connectivity index (χ3v) is 5.22. The number of hydrogen-bond donors (Lipinski definition) is 1. The molecule has 2 rings (SSSR count). The average molecular weight is 362 g/mol. The van der Waals surface area contributed by atoms with Crippen molar-refractivity contribution in [3.8, 4) is 0 Å². The normalized spacial score (nSPS) is 12.2. The average Bonchev–Trinajstić information content (AvgIpc) is 2.90. The van der Waals surface area contributed by atoms with Gasteiger partial charge >= 0.3 is 0 Å². The smallest absolute Gasteiger partial charge is 0.230 e. The van der Waals surface area contributed by atoms with Gasteiger partial charge in [0.2, 0.25) is 5.91 Å². The van der Waals surface area contributed by atoms with Gasteiger partial charge in [0, 0.05) is 25.9 Å². The van der Waals surface area contributed by atoms with Crippen molar-refractivity contribution in [2.24, 2.45) is 0 Å². The molecule has 1 N–H and O–H groups in total. The molecule has 1 heterocycles. The Balaban J connectivity index is 1.85. The van der Waals surface area contributed by atoms with Crippen LogP contribution < -0.4 is 5.32 Å². The fourth-order valence-corrected chi connectivity index (χ4v) is 3.47. The van der Waals surface area contributed by atoms with E-state index in [0.29, 0.717) is 24.8 Å². The molecular formula is C19H27N3O2S. The zero-order chi connectivity index (χ0) is 18.2. The van der Waals surface area contributed by atoms with Crippen molar-refractivity contribution < 1.29 is 9.53 Å². The van der Waals surface area contributed by atoms with E-state index in [2.05, 4.69) is 33.9 Å². The quantitative estimate of drug-likeness (QED) is 0.697. The summed E-state index contributed by atoms with van der Waals surface area (Å²) in [5.74, 6) is 0.692. The second kappa shape index (κ2) is 9.63. The van der Waals surface area contributed by atoms with Gasteiger partial charge in [-0.1, -0.05) is 49.0 Å². The molecule has 0 fully saturated rings. The number of methoxy groups -OCH3 is 1. The van der Waals surface area contributed by atoms with E-state index in [0.717, 1.165) is 23.1 Å². The highest BCUT2D eigenvalue weighted by atomic mass is 32.2. The fraction of sp³-hybridized carbons (Fsp3) is 0.474. The van der Waals surface area contributed by atoms with Crippen LogP contribution in [0.1, 0.15) is 29.8 Å². The molecule has 0 aliphatic rings. The largest absolute Gasteiger partial charge is 0.383 e. The lowest BCUT2D eigenvalue weighted by molar-refractivity contribution is -0.118. The topological polar surface area (TPSA) is 56.1 Å². The summed E-state index contributed by atoms with van der Waals surface area (Å²) in [6.07, 6.45) is 0. The number of ether oxygens (including phenoxy) is 1. The molecule has 5 nitrogen and oxygen atoms in total. The SMILES string of the molecule is COCCn1c(SCC(=O)NCC(C)c2ccccc2)nc(C)c1C. The first kappa shape index (κ1) is 19.5. The van der Waals surface area contributed by atoms with Crippen molar-refractivity contribution in [2.45, 2.75) is 38.4 Å². The zero-order valence-electron chi connectivity index (χ0n) is 15.4. The maximum atomic E-state index is 12.2. The van der Waals surface area contributed by atoms with Crippen LogP contribution in [0.15, 0.2) is 35.5 Å². The van der Waals surface area contributed by atoms with Crippen LogP contribution in [-0.2, 0) is 16.1 Å². The number of imidazole rings is 1. The van der Waals surface area contributed by atoms with Gasteiger partial charge in [0.1, 0.15) is 0 Å². The van der Waals surface area contributed by atoms with Crippen LogP contribution in [0.3, 0.4) is 0 Å². The number of carbonyl (C=O) groups excluding carboxylic acids is 1. The Morgan fingerprint density at radius 3 is 2.72 bits per heavy atom. The standard InChI is InChI=1S/C19H27N3O2S/c1-14(17-8-6-5-7-9-17)12-20-18(23)13-25-19-21-15(2)16(3)22(19)10-11-24-4/h5-9,14H,10-13H2,1-4H3,(H,20,23). The molecule has 1 atom stereocenters. The summed E-state index contributed by atoms with van der Waals surface area (Å²) in [6, 6.07) is 10.2. The molecule has 1 amide bonds. The van der Waals surface area contributed by atoms with E-state index in [1.54, 1.807) is 7.11 Å². The lowest BCUT2D eigenvalue weighted by atomic mass is 10.0. The molecule has 6 heteroatoms. The van der Waals surface area contributed by atoms with E-state index < -0.39 is 0 Å². The zero-order valence-corrected chi connectivity index (χ0v) is 16.2. The predicted octanol–water partition coefficient (Wildman–Crippen LogP) is 3.16. The number of rotatable bonds is 9. The Morgan fingerprint density at radius 1 is 1.32 bits per heavy atom. The lowest BCUT2D eigenvalue weighted by Crippen LogP contribution is -2.29. The number of benzene rings is 1. The lowest BCUT2D eigenvalue weighted by Gasteiger charge is -2.13. The summed E-state index contributed by atoms with van der Waals surface area (Å²) in [4.78, 5) is 16.7. The predicted molar refractivity (Wildman–Crippen MR) is 102 cm³/mol. The van der Waals surface area contributed by atoms with E-state index in [-0.39, 0.29) is 5.91 Å². The van der Waals surface area contributed by atoms with E-state index in [9.17, 15) is 4.79 Å². The van der Waals surface area contributed by atoms with Crippen LogP contribution in [-0.4, -0.2) is 41.5 Å². The Bertz CT molecular complexity index is 685. The second-order valence-corrected chi connectivity index (χ2v) is 7.06. The van der Waals surface area contributed by atoms with Crippen molar-refractivity contribution in [1.82, 2.24) is 14.9 Å². The number of hydrogen-bond acceptors (Lipinski definition) is 4. The van der Waals surface area contributed by atoms with Crippen molar-refractivity contribution in [3.05, 3.63) is 47.3 Å². The van der Waals surface area contributed by atoms with Gasteiger partial charge in [-0.05, 0) is 25.3 Å². The molecule has 1 aromatic heterocycles. The molecule has 0 radical (unpaired) electrons. The Hall–Kier alpha value is -1.79. The summed E-state index contributed by atoms with van der Waals surface area (Å²) in [5.41, 5.74) is 3.35. The van der Waals surface area contributed by atoms with Gasteiger partial charge in [-0.2, -0.15) is 0 Å². The Labute approximate surface area is 154 Å². The highest BCUT2D eigenvalue weighted by molar-refractivity contribution is 7.99. The number of aryl methyl sites for hydroxylation is 1. The third-order valence-electron chi connectivity index (χ3n) is 4.25. The highest BCUT2D eigenvalue weighted by Gasteiger charge is 2.14. The third kappa shape index (κ3) is 5.61. The number of carbonyl (C=O) groups is 1. The molecular weight excluding hydrogens is 334 g/mol. The van der Waals surface area contributed by atoms with Crippen LogP contribution >= 0.6 is 11.8 Å². The van der Waals surface area contributed by atoms with Crippen LogP contribution in [0, 0.1) is 13.8 Å². The Morgan fingerprint density at radius 2 is 2.04 bits per heavy atom. The number of nitrogens with zero attached hydrogens (tertiary/aromatic N) is 2. The minimum atomic E-state index is 0.0318. The number of nitrogens with one attached hydrogen (secondary N) is 1. The summed E-state index contributed by atoms with van der Waals surface area (Å²) in [7, 11) is 1.69. The maximum Gasteiger partial charge on any atom is 0.230 e. The minimum Gasteiger partial charge on any atom is -0.383 e. The van der Waals surface area contributed by atoms with E-state index >= 15 is 0 Å². The number of thioether (sulfide) groups is 1. The molecule has 136 valence electrons. The Kier molecular flexibility index (Phi) is 7.52. The van der Waals surface area contributed by atoms with Crippen LogP contribution in [0.4, 0.5) is 0 Å². The minimum absolute atomic E-state index is 0.0318. The first-order chi connectivity index (χ1) is 12.0. The van der Waals surface area contributed by atoms with Crippen molar-refractivity contribution >= 4 is 17.7 Å². The maximum absolute atomic E-state index is 12.2. The van der Waals surface area contributed by atoms with Crippen LogP contribution in [0.25, 0.3) is 0 Å². The summed E-state index contributed by atoms with van der Waals surface area (Å²) in [5, 5.41) is 3.89. The first-order valence-corrected chi connectivity index (χ1v) is 9.48. The van der Waals surface area contributed by atoms with E-state index in [4.69, 9.17) is 4.74 Å². The molecule has 0 aliphatic heterocycles. The van der Waals surface area contributed by atoms with E-state index in [1.807, 2.05) is 32.0 Å². The monoisotopic (exact) mass is 361 g/mol. The summed E-state index contributed by atoms with van der Waals surface area (Å²) in [6.45, 7) is 8.17. The van der Waals surface area contributed by atoms with Gasteiger partial charge in [-0.25, -0.2) is 4.98 Å². The van der Waals surface area contributed by atoms with Crippen LogP contribution in [0.5, 0.6) is 0 Å². The van der Waals surface area contributed by atoms with Gasteiger partial charge in [0.25, 0.3) is 0 Å². The molecule has 2 aromatic rings. The van der Waals surface area contributed by atoms with Gasteiger partial charge in [0.15, 0.2) is 5.16 Å². The first-order valence-electron chi connectivity index (χ1n) is 8.50. The summed E-state index contributed by atoms with van der Waals surface area (Å²) >= 11 is 1.47. The van der Waals surface area contributed by atoms with Crippen molar-refractivity contribution in [3.63, 3.8) is 0 Å². The van der Waals surface area contributed by atoms with Crippen LogP contribution in [0.2, 0.25) is 0 Å². The molecule has 0 aliphatic carbocycles. The molecule has 1 unspecified atom stereocenters. The van der Waals surface area contributed by atoms with Crippen molar-refractivity contribution in [1.29, 1.82) is 0 Å². The molecule has 0 spiro atoms. The number of aromatic nitrogens is 2. The second-order valence-electron chi connectivity index (χ2n) is 6.11. The molecule has 0 saturated carbocycles. The van der Waals surface area contributed by atoms with E-state index in [1.165, 1.54) is 17.3 Å². The molecule has 0 saturated heterocycles. The molecule has 0 bridgehead atoms. The van der Waals surface area contributed by atoms with Gasteiger partial charge < -0.3 is 14.6 Å². The molecule has 25 heavy (non-hydrogen) atoms. The van der Waals surface area contributed by atoms with Gasteiger partial charge in [-0.15, -0.1) is 0 Å². The fourth-order valence-electron chi connectivity index (χ4n) is 2.53. The number of amides is 1. The van der Waals surface area contributed by atoms with Crippen molar-refractivity contribution in [2.75, 3.05) is 26.0 Å². The van der Waals surface area contributed by atoms with Gasteiger partial charge in [0.05, 0.1) is 18.1 Å². The highest BCUT2D eigenvalue weighted by Crippen LogP contribution is 2.21. The summed E-state index contributed by atoms with van der Waals surface area (Å²) < 4.78 is 7.27.